The number of carbonyl (C=O) groups is 1. The highest BCUT2D eigenvalue weighted by Crippen LogP contribution is 2.20. The summed E-state index contributed by atoms with van der Waals surface area (Å²) < 4.78 is 1.28. The molecule has 0 unspecified atom stereocenters. The molecule has 1 aliphatic heterocycles. The number of rotatable bonds is 4. The number of hydrogen-bond acceptors (Lipinski definition) is 5. The van der Waals surface area contributed by atoms with Crippen LogP contribution in [0.15, 0.2) is 29.1 Å². The summed E-state index contributed by atoms with van der Waals surface area (Å²) in [5.41, 5.74) is 0.377. The molecule has 128 valence electrons. The van der Waals surface area contributed by atoms with Crippen molar-refractivity contribution in [2.75, 3.05) is 27.2 Å². The molecule has 2 heterocycles. The van der Waals surface area contributed by atoms with Gasteiger partial charge in [-0.05, 0) is 32.1 Å². The quantitative estimate of drug-likeness (QED) is 0.821. The number of fused-ring (bicyclic) bond motifs is 1. The molecule has 3 rings (SSSR count). The molecule has 2 aromatic rings. The van der Waals surface area contributed by atoms with Gasteiger partial charge in [0.25, 0.3) is 5.56 Å². The number of aryl methyl sites for hydroxylation is 1. The summed E-state index contributed by atoms with van der Waals surface area (Å²) in [6, 6.07) is 7.49. The smallest absolute Gasteiger partial charge is 0.277 e. The Hall–Kier alpha value is -2.28. The molecule has 0 N–H and O–H groups in total. The van der Waals surface area contributed by atoms with Gasteiger partial charge in [0.1, 0.15) is 5.52 Å². The SMILES string of the molecule is C[C@@H]1CN(C(=O)CCn2nnc3ccccc3c2=O)C[C@H]1N(C)C. The molecular formula is C17H23N5O2. The van der Waals surface area contributed by atoms with E-state index >= 15 is 0 Å². The average molecular weight is 329 g/mol. The second-order valence-corrected chi connectivity index (χ2v) is 6.69. The standard InChI is InChI=1S/C17H23N5O2/c1-12-10-21(11-15(12)20(2)3)16(23)8-9-22-17(24)13-6-4-5-7-14(13)18-19-22/h4-7,12,15H,8-11H2,1-3H3/t12-,15-/m1/s1. The van der Waals surface area contributed by atoms with Crippen LogP contribution < -0.4 is 5.56 Å². The van der Waals surface area contributed by atoms with Crippen LogP contribution >= 0.6 is 0 Å². The van der Waals surface area contributed by atoms with Gasteiger partial charge in [0.05, 0.1) is 11.9 Å². The maximum Gasteiger partial charge on any atom is 0.277 e. The Morgan fingerprint density at radius 3 is 2.75 bits per heavy atom. The number of aromatic nitrogens is 3. The highest BCUT2D eigenvalue weighted by Gasteiger charge is 2.33. The fraction of sp³-hybridized carbons (Fsp3) is 0.529. The first-order valence-corrected chi connectivity index (χ1v) is 8.24. The predicted molar refractivity (Wildman–Crippen MR) is 91.6 cm³/mol. The summed E-state index contributed by atoms with van der Waals surface area (Å²) in [4.78, 5) is 28.9. The van der Waals surface area contributed by atoms with Crippen molar-refractivity contribution in [1.29, 1.82) is 0 Å². The van der Waals surface area contributed by atoms with Crippen LogP contribution in [0.3, 0.4) is 0 Å². The third kappa shape index (κ3) is 3.17. The number of nitrogens with zero attached hydrogens (tertiary/aromatic N) is 5. The summed E-state index contributed by atoms with van der Waals surface area (Å²) >= 11 is 0. The van der Waals surface area contributed by atoms with Crippen molar-refractivity contribution in [2.45, 2.75) is 25.9 Å². The normalized spacial score (nSPS) is 20.9. The van der Waals surface area contributed by atoms with Gasteiger partial charge in [0.2, 0.25) is 5.91 Å². The lowest BCUT2D eigenvalue weighted by atomic mass is 10.1. The van der Waals surface area contributed by atoms with E-state index in [2.05, 4.69) is 22.1 Å². The van der Waals surface area contributed by atoms with E-state index in [9.17, 15) is 9.59 Å². The maximum atomic E-state index is 12.5. The Labute approximate surface area is 140 Å². The van der Waals surface area contributed by atoms with Gasteiger partial charge in [0.15, 0.2) is 0 Å². The van der Waals surface area contributed by atoms with Crippen molar-refractivity contribution in [2.24, 2.45) is 5.92 Å². The number of benzene rings is 1. The van der Waals surface area contributed by atoms with E-state index in [1.165, 1.54) is 4.68 Å². The summed E-state index contributed by atoms with van der Waals surface area (Å²) in [7, 11) is 4.08. The molecule has 1 aromatic heterocycles. The monoisotopic (exact) mass is 329 g/mol. The molecule has 7 nitrogen and oxygen atoms in total. The molecule has 1 amide bonds. The van der Waals surface area contributed by atoms with Gasteiger partial charge in [-0.2, -0.15) is 0 Å². The summed E-state index contributed by atoms with van der Waals surface area (Å²) in [6.07, 6.45) is 0.264. The third-order valence-corrected chi connectivity index (χ3v) is 4.76. The van der Waals surface area contributed by atoms with Gasteiger partial charge < -0.3 is 9.80 Å². The highest BCUT2D eigenvalue weighted by atomic mass is 16.2. The fourth-order valence-electron chi connectivity index (χ4n) is 3.35. The largest absolute Gasteiger partial charge is 0.341 e. The van der Waals surface area contributed by atoms with Crippen molar-refractivity contribution < 1.29 is 4.79 Å². The van der Waals surface area contributed by atoms with Crippen LogP contribution in [0.5, 0.6) is 0 Å². The van der Waals surface area contributed by atoms with E-state index in [0.717, 1.165) is 13.1 Å². The fourth-order valence-corrected chi connectivity index (χ4v) is 3.35. The molecule has 1 saturated heterocycles. The van der Waals surface area contributed by atoms with Gasteiger partial charge in [0, 0.05) is 25.6 Å². The minimum atomic E-state index is -0.200. The third-order valence-electron chi connectivity index (χ3n) is 4.76. The first-order chi connectivity index (χ1) is 11.5. The molecular weight excluding hydrogens is 306 g/mol. The highest BCUT2D eigenvalue weighted by molar-refractivity contribution is 5.77. The molecule has 7 heteroatoms. The zero-order valence-electron chi connectivity index (χ0n) is 14.3. The lowest BCUT2D eigenvalue weighted by Gasteiger charge is -2.22. The number of amides is 1. The summed E-state index contributed by atoms with van der Waals surface area (Å²) in [6.45, 7) is 3.93. The van der Waals surface area contributed by atoms with Crippen LogP contribution in [0.25, 0.3) is 10.9 Å². The molecule has 0 saturated carbocycles. The molecule has 0 radical (unpaired) electrons. The average Bonchev–Trinajstić information content (AvgIpc) is 2.96. The van der Waals surface area contributed by atoms with Gasteiger partial charge in [-0.3, -0.25) is 9.59 Å². The Balaban J connectivity index is 1.67. The first kappa shape index (κ1) is 16.6. The molecule has 1 aromatic carbocycles. The number of hydrogen-bond donors (Lipinski definition) is 0. The van der Waals surface area contributed by atoms with E-state index in [0.29, 0.717) is 22.9 Å². The summed E-state index contributed by atoms with van der Waals surface area (Å²) in [5.74, 6) is 0.514. The minimum absolute atomic E-state index is 0.0630. The second-order valence-electron chi connectivity index (χ2n) is 6.69. The number of likely N-dealkylation sites (N-methyl/N-ethyl adjacent to an activating group) is 1. The van der Waals surface area contributed by atoms with Gasteiger partial charge in [-0.1, -0.05) is 24.3 Å². The Kier molecular flexibility index (Phi) is 4.62. The number of likely N-dealkylation sites (tertiary alicyclic amines) is 1. The van der Waals surface area contributed by atoms with Crippen molar-refractivity contribution >= 4 is 16.8 Å². The molecule has 1 fully saturated rings. The van der Waals surface area contributed by atoms with Gasteiger partial charge in [-0.25, -0.2) is 4.68 Å². The second kappa shape index (κ2) is 6.68. The molecule has 2 atom stereocenters. The minimum Gasteiger partial charge on any atom is -0.341 e. The van der Waals surface area contributed by atoms with E-state index in [4.69, 9.17) is 0 Å². The summed E-state index contributed by atoms with van der Waals surface area (Å²) in [5, 5.41) is 8.51. The first-order valence-electron chi connectivity index (χ1n) is 8.24. The Morgan fingerprint density at radius 1 is 1.29 bits per heavy atom. The Bertz CT molecular complexity index is 801. The number of carbonyl (C=O) groups excluding carboxylic acids is 1. The predicted octanol–water partition coefficient (Wildman–Crippen LogP) is 0.590. The zero-order valence-corrected chi connectivity index (χ0v) is 14.3. The van der Waals surface area contributed by atoms with Crippen molar-refractivity contribution in [3.8, 4) is 0 Å². The van der Waals surface area contributed by atoms with E-state index in [-0.39, 0.29) is 24.4 Å². The van der Waals surface area contributed by atoms with Crippen LogP contribution in [-0.2, 0) is 11.3 Å². The van der Waals surface area contributed by atoms with Gasteiger partial charge in [-0.15, -0.1) is 5.10 Å². The molecule has 0 aliphatic carbocycles. The zero-order chi connectivity index (χ0) is 17.3. The maximum absolute atomic E-state index is 12.5. The molecule has 0 spiro atoms. The molecule has 24 heavy (non-hydrogen) atoms. The van der Waals surface area contributed by atoms with Crippen molar-refractivity contribution in [1.82, 2.24) is 24.8 Å². The molecule has 0 bridgehead atoms. The molecule has 1 aliphatic rings. The van der Waals surface area contributed by atoms with Gasteiger partial charge >= 0.3 is 0 Å². The van der Waals surface area contributed by atoms with Crippen molar-refractivity contribution in [3.05, 3.63) is 34.6 Å². The van der Waals surface area contributed by atoms with E-state index in [1.54, 1.807) is 18.2 Å². The van der Waals surface area contributed by atoms with Crippen LogP contribution in [0.4, 0.5) is 0 Å². The Morgan fingerprint density at radius 2 is 2.04 bits per heavy atom. The van der Waals surface area contributed by atoms with E-state index in [1.807, 2.05) is 25.1 Å². The van der Waals surface area contributed by atoms with Crippen LogP contribution in [-0.4, -0.2) is 63.9 Å². The van der Waals surface area contributed by atoms with Crippen LogP contribution in [0, 0.1) is 5.92 Å². The topological polar surface area (TPSA) is 71.3 Å². The van der Waals surface area contributed by atoms with E-state index < -0.39 is 0 Å². The van der Waals surface area contributed by atoms with Crippen molar-refractivity contribution in [3.63, 3.8) is 0 Å². The lowest BCUT2D eigenvalue weighted by molar-refractivity contribution is -0.130. The van der Waals surface area contributed by atoms with Crippen LogP contribution in [0.1, 0.15) is 13.3 Å². The lowest BCUT2D eigenvalue weighted by Crippen LogP contribution is -2.36. The van der Waals surface area contributed by atoms with Crippen LogP contribution in [0.2, 0.25) is 0 Å².